The Balaban J connectivity index is 2.13. The van der Waals surface area contributed by atoms with Gasteiger partial charge in [-0.15, -0.1) is 11.3 Å². The van der Waals surface area contributed by atoms with Gasteiger partial charge in [-0.05, 0) is 38.1 Å². The van der Waals surface area contributed by atoms with Crippen LogP contribution in [0.1, 0.15) is 19.5 Å². The molecule has 0 fully saturated rings. The van der Waals surface area contributed by atoms with Crippen LogP contribution in [0.2, 0.25) is 5.02 Å². The number of pyridine rings is 1. The van der Waals surface area contributed by atoms with Crippen LogP contribution in [0.25, 0.3) is 11.3 Å². The molecule has 0 spiro atoms. The van der Waals surface area contributed by atoms with Crippen LogP contribution in [-0.2, 0) is 0 Å². The molecule has 0 saturated carbocycles. The van der Waals surface area contributed by atoms with E-state index in [4.69, 9.17) is 16.7 Å². The summed E-state index contributed by atoms with van der Waals surface area (Å²) in [6.07, 6.45) is 1.77. The fourth-order valence-corrected chi connectivity index (χ4v) is 3.26. The molecular formula is C18H17ClN4S. The van der Waals surface area contributed by atoms with Crippen LogP contribution in [-0.4, -0.2) is 21.9 Å². The lowest BCUT2D eigenvalue weighted by molar-refractivity contribution is 0.826. The summed E-state index contributed by atoms with van der Waals surface area (Å²) in [6.45, 7) is 4.68. The number of rotatable bonds is 4. The van der Waals surface area contributed by atoms with Gasteiger partial charge in [0.1, 0.15) is 0 Å². The van der Waals surface area contributed by atoms with Crippen LogP contribution in [0, 0.1) is 0 Å². The minimum absolute atomic E-state index is 0.707. The number of aromatic nitrogens is 2. The third-order valence-electron chi connectivity index (χ3n) is 3.40. The van der Waals surface area contributed by atoms with Crippen molar-refractivity contribution in [1.82, 2.24) is 9.66 Å². The molecule has 122 valence electrons. The van der Waals surface area contributed by atoms with Gasteiger partial charge in [0.25, 0.3) is 0 Å². The van der Waals surface area contributed by atoms with Gasteiger partial charge in [-0.3, -0.25) is 9.98 Å². The Hall–Kier alpha value is -2.24. The zero-order chi connectivity index (χ0) is 16.9. The average Bonchev–Trinajstić information content (AvgIpc) is 2.99. The summed E-state index contributed by atoms with van der Waals surface area (Å²) < 4.78 is 1.88. The molecule has 2 aromatic heterocycles. The zero-order valence-corrected chi connectivity index (χ0v) is 15.1. The molecule has 0 saturated heterocycles. The predicted molar refractivity (Wildman–Crippen MR) is 101 cm³/mol. The monoisotopic (exact) mass is 356 g/mol. The summed E-state index contributed by atoms with van der Waals surface area (Å²) in [7, 11) is 0. The highest BCUT2D eigenvalue weighted by Gasteiger charge is 2.09. The first-order valence-corrected chi connectivity index (χ1v) is 8.88. The molecule has 1 aromatic carbocycles. The Morgan fingerprint density at radius 1 is 1.21 bits per heavy atom. The molecule has 6 heteroatoms. The molecule has 0 N–H and O–H groups in total. The second kappa shape index (κ2) is 7.55. The van der Waals surface area contributed by atoms with E-state index < -0.39 is 0 Å². The summed E-state index contributed by atoms with van der Waals surface area (Å²) in [5, 5.41) is 7.54. The van der Waals surface area contributed by atoms with E-state index in [2.05, 4.69) is 15.4 Å². The molecule has 4 nitrogen and oxygen atoms in total. The van der Waals surface area contributed by atoms with Crippen molar-refractivity contribution in [3.8, 4) is 11.3 Å². The molecule has 0 radical (unpaired) electrons. The van der Waals surface area contributed by atoms with Crippen LogP contribution in [0.5, 0.6) is 0 Å². The van der Waals surface area contributed by atoms with E-state index in [-0.39, 0.29) is 0 Å². The summed E-state index contributed by atoms with van der Waals surface area (Å²) in [4.78, 5) is 9.76. The molecule has 3 aromatic rings. The summed E-state index contributed by atoms with van der Waals surface area (Å²) >= 11 is 7.57. The van der Waals surface area contributed by atoms with Gasteiger partial charge in [0.15, 0.2) is 0 Å². The lowest BCUT2D eigenvalue weighted by Crippen LogP contribution is -2.14. The van der Waals surface area contributed by atoms with E-state index in [1.165, 1.54) is 0 Å². The van der Waals surface area contributed by atoms with Crippen molar-refractivity contribution in [1.29, 1.82) is 0 Å². The van der Waals surface area contributed by atoms with Crippen LogP contribution in [0.15, 0.2) is 64.1 Å². The third kappa shape index (κ3) is 3.63. The van der Waals surface area contributed by atoms with E-state index in [1.807, 2.05) is 61.0 Å². The largest absolute Gasteiger partial charge is 0.258 e. The Labute approximate surface area is 149 Å². The topological polar surface area (TPSA) is 42.5 Å². The highest BCUT2D eigenvalue weighted by Crippen LogP contribution is 2.22. The van der Waals surface area contributed by atoms with Crippen molar-refractivity contribution in [2.24, 2.45) is 10.1 Å². The van der Waals surface area contributed by atoms with Crippen LogP contribution >= 0.6 is 22.9 Å². The lowest BCUT2D eigenvalue weighted by atomic mass is 10.2. The van der Waals surface area contributed by atoms with E-state index in [0.717, 1.165) is 27.5 Å². The van der Waals surface area contributed by atoms with Gasteiger partial charge in [0, 0.05) is 28.7 Å². The van der Waals surface area contributed by atoms with Crippen molar-refractivity contribution < 1.29 is 0 Å². The van der Waals surface area contributed by atoms with Crippen molar-refractivity contribution in [2.75, 3.05) is 6.54 Å². The second-order valence-electron chi connectivity index (χ2n) is 5.10. The molecule has 2 heterocycles. The minimum Gasteiger partial charge on any atom is -0.258 e. The maximum Gasteiger partial charge on any atom is 0.206 e. The zero-order valence-electron chi connectivity index (χ0n) is 13.5. The highest BCUT2D eigenvalue weighted by molar-refractivity contribution is 7.07. The van der Waals surface area contributed by atoms with Gasteiger partial charge < -0.3 is 0 Å². The number of benzene rings is 1. The molecule has 0 amide bonds. The van der Waals surface area contributed by atoms with Gasteiger partial charge in [-0.2, -0.15) is 5.10 Å². The maximum atomic E-state index is 6.00. The average molecular weight is 357 g/mol. The number of thiazole rings is 1. The number of halogens is 1. The highest BCUT2D eigenvalue weighted by atomic mass is 35.5. The lowest BCUT2D eigenvalue weighted by Gasteiger charge is -2.06. The van der Waals surface area contributed by atoms with Crippen molar-refractivity contribution in [3.05, 3.63) is 69.6 Å². The maximum absolute atomic E-state index is 6.00. The SMILES string of the molecule is CCN=c1scc(-c2ccc(Cl)cc2)n1N=C(C)c1ccccn1. The fourth-order valence-electron chi connectivity index (χ4n) is 2.24. The van der Waals surface area contributed by atoms with E-state index >= 15 is 0 Å². The normalized spacial score (nSPS) is 12.6. The van der Waals surface area contributed by atoms with Gasteiger partial charge in [0.05, 0.1) is 17.1 Å². The predicted octanol–water partition coefficient (Wildman–Crippen LogP) is 4.46. The van der Waals surface area contributed by atoms with Crippen LogP contribution < -0.4 is 4.80 Å². The first kappa shape index (κ1) is 16.6. The van der Waals surface area contributed by atoms with E-state index in [0.29, 0.717) is 11.6 Å². The van der Waals surface area contributed by atoms with Gasteiger partial charge in [-0.25, -0.2) is 4.68 Å². The molecule has 0 aliphatic heterocycles. The molecule has 3 rings (SSSR count). The molecule has 0 atom stereocenters. The second-order valence-corrected chi connectivity index (χ2v) is 6.37. The van der Waals surface area contributed by atoms with Gasteiger partial charge in [-0.1, -0.05) is 29.8 Å². The van der Waals surface area contributed by atoms with E-state index in [1.54, 1.807) is 17.5 Å². The molecule has 0 unspecified atom stereocenters. The van der Waals surface area contributed by atoms with Gasteiger partial charge >= 0.3 is 0 Å². The number of hydrogen-bond acceptors (Lipinski definition) is 4. The summed E-state index contributed by atoms with van der Waals surface area (Å²) in [5.74, 6) is 0. The number of nitrogens with zero attached hydrogens (tertiary/aromatic N) is 4. The molecule has 0 aliphatic rings. The van der Waals surface area contributed by atoms with Crippen molar-refractivity contribution in [3.63, 3.8) is 0 Å². The van der Waals surface area contributed by atoms with Crippen molar-refractivity contribution in [2.45, 2.75) is 13.8 Å². The summed E-state index contributed by atoms with van der Waals surface area (Å²) in [6, 6.07) is 13.5. The smallest absolute Gasteiger partial charge is 0.206 e. The molecule has 0 aliphatic carbocycles. The third-order valence-corrected chi connectivity index (χ3v) is 4.51. The van der Waals surface area contributed by atoms with Gasteiger partial charge in [0.2, 0.25) is 4.80 Å². The summed E-state index contributed by atoms with van der Waals surface area (Å²) in [5.41, 5.74) is 3.72. The minimum atomic E-state index is 0.707. The Morgan fingerprint density at radius 3 is 2.67 bits per heavy atom. The standard InChI is InChI=1S/C18H17ClN4S/c1-3-20-18-23(22-13(2)16-6-4-5-11-21-16)17(12-24-18)14-7-9-15(19)10-8-14/h4-12H,3H2,1-2H3. The first-order valence-electron chi connectivity index (χ1n) is 7.63. The van der Waals surface area contributed by atoms with Crippen LogP contribution in [0.4, 0.5) is 0 Å². The van der Waals surface area contributed by atoms with Crippen LogP contribution in [0.3, 0.4) is 0 Å². The Kier molecular flexibility index (Phi) is 5.23. The number of hydrogen-bond donors (Lipinski definition) is 0. The molecule has 0 bridgehead atoms. The first-order chi connectivity index (χ1) is 11.7. The van der Waals surface area contributed by atoms with E-state index in [9.17, 15) is 0 Å². The Bertz CT molecular complexity index is 908. The molecule has 24 heavy (non-hydrogen) atoms. The Morgan fingerprint density at radius 2 is 2.00 bits per heavy atom. The molecular weight excluding hydrogens is 340 g/mol. The quantitative estimate of drug-likeness (QED) is 0.636. The van der Waals surface area contributed by atoms with Crippen molar-refractivity contribution >= 4 is 28.6 Å². The fraction of sp³-hybridized carbons (Fsp3) is 0.167.